The van der Waals surface area contributed by atoms with Crippen molar-refractivity contribution in [1.82, 2.24) is 0 Å². The molecular formula is C18H15NO5. The molecule has 1 aliphatic rings. The molecule has 2 aromatic rings. The van der Waals surface area contributed by atoms with Gasteiger partial charge in [0, 0.05) is 6.08 Å². The van der Waals surface area contributed by atoms with Crippen LogP contribution < -0.4 is 14.8 Å². The van der Waals surface area contributed by atoms with E-state index in [-0.39, 0.29) is 12.7 Å². The molecule has 0 bridgehead atoms. The Balaban J connectivity index is 1.71. The average Bonchev–Trinajstić information content (AvgIpc) is 3.07. The fraction of sp³-hybridized carbons (Fsp3) is 0.111. The highest BCUT2D eigenvalue weighted by Gasteiger charge is 2.13. The van der Waals surface area contributed by atoms with Crippen LogP contribution in [-0.2, 0) is 9.53 Å². The molecule has 1 aliphatic heterocycles. The predicted molar refractivity (Wildman–Crippen MR) is 88.0 cm³/mol. The summed E-state index contributed by atoms with van der Waals surface area (Å²) < 4.78 is 15.2. The second kappa shape index (κ2) is 6.87. The summed E-state index contributed by atoms with van der Waals surface area (Å²) in [6, 6.07) is 12.0. The number of hydrogen-bond donors (Lipinski definition) is 1. The topological polar surface area (TPSA) is 73.9 Å². The Kier molecular flexibility index (Phi) is 4.47. The monoisotopic (exact) mass is 325 g/mol. The lowest BCUT2D eigenvalue weighted by molar-refractivity contribution is -0.111. The zero-order valence-corrected chi connectivity index (χ0v) is 12.9. The van der Waals surface area contributed by atoms with E-state index >= 15 is 0 Å². The van der Waals surface area contributed by atoms with Crippen molar-refractivity contribution >= 4 is 23.6 Å². The number of nitrogens with one attached hydrogen (secondary N) is 1. The minimum absolute atomic E-state index is 0.202. The molecular weight excluding hydrogens is 310 g/mol. The third-order valence-electron chi connectivity index (χ3n) is 3.41. The lowest BCUT2D eigenvalue weighted by atomic mass is 10.1. The van der Waals surface area contributed by atoms with Crippen LogP contribution in [0.2, 0.25) is 0 Å². The van der Waals surface area contributed by atoms with Gasteiger partial charge in [-0.1, -0.05) is 18.2 Å². The Morgan fingerprint density at radius 3 is 2.75 bits per heavy atom. The molecule has 1 N–H and O–H groups in total. The highest BCUT2D eigenvalue weighted by Crippen LogP contribution is 2.32. The molecule has 0 saturated heterocycles. The van der Waals surface area contributed by atoms with E-state index in [1.807, 2.05) is 6.07 Å². The maximum Gasteiger partial charge on any atom is 0.339 e. The molecule has 24 heavy (non-hydrogen) atoms. The quantitative estimate of drug-likeness (QED) is 0.691. The molecule has 0 unspecified atom stereocenters. The van der Waals surface area contributed by atoms with Crippen molar-refractivity contribution in [2.24, 2.45) is 0 Å². The summed E-state index contributed by atoms with van der Waals surface area (Å²) in [7, 11) is 1.29. The molecule has 0 aromatic heterocycles. The van der Waals surface area contributed by atoms with Crippen LogP contribution in [0.5, 0.6) is 11.5 Å². The van der Waals surface area contributed by atoms with E-state index in [0.717, 1.165) is 5.56 Å². The van der Waals surface area contributed by atoms with Crippen LogP contribution in [0.15, 0.2) is 48.5 Å². The number of rotatable bonds is 4. The number of amides is 1. The average molecular weight is 325 g/mol. The van der Waals surface area contributed by atoms with Gasteiger partial charge in [0.1, 0.15) is 0 Å². The van der Waals surface area contributed by atoms with E-state index in [1.54, 1.807) is 42.5 Å². The maximum atomic E-state index is 12.1. The number of carbonyl (C=O) groups excluding carboxylic acids is 2. The molecule has 3 rings (SSSR count). The molecule has 6 nitrogen and oxygen atoms in total. The minimum Gasteiger partial charge on any atom is -0.465 e. The van der Waals surface area contributed by atoms with Crippen LogP contribution in [-0.4, -0.2) is 25.8 Å². The van der Waals surface area contributed by atoms with Gasteiger partial charge in [-0.05, 0) is 35.9 Å². The van der Waals surface area contributed by atoms with Crippen molar-refractivity contribution in [2.75, 3.05) is 19.2 Å². The summed E-state index contributed by atoms with van der Waals surface area (Å²) in [5, 5.41) is 2.67. The van der Waals surface area contributed by atoms with Gasteiger partial charge in [0.2, 0.25) is 12.7 Å². The van der Waals surface area contributed by atoms with Gasteiger partial charge in [-0.3, -0.25) is 4.79 Å². The van der Waals surface area contributed by atoms with Crippen LogP contribution >= 0.6 is 0 Å². The van der Waals surface area contributed by atoms with Gasteiger partial charge in [0.25, 0.3) is 0 Å². The summed E-state index contributed by atoms with van der Waals surface area (Å²) >= 11 is 0. The molecule has 2 aromatic carbocycles. The number of hydrogen-bond acceptors (Lipinski definition) is 5. The van der Waals surface area contributed by atoms with Crippen LogP contribution in [0.3, 0.4) is 0 Å². The molecule has 1 heterocycles. The smallest absolute Gasteiger partial charge is 0.339 e. The van der Waals surface area contributed by atoms with Crippen molar-refractivity contribution in [3.05, 3.63) is 59.7 Å². The van der Waals surface area contributed by atoms with Crippen molar-refractivity contribution in [3.63, 3.8) is 0 Å². The highest BCUT2D eigenvalue weighted by atomic mass is 16.7. The number of methoxy groups -OCH3 is 1. The van der Waals surface area contributed by atoms with Gasteiger partial charge in [0.15, 0.2) is 11.5 Å². The van der Waals surface area contributed by atoms with E-state index in [4.69, 9.17) is 14.2 Å². The molecule has 122 valence electrons. The lowest BCUT2D eigenvalue weighted by Crippen LogP contribution is -2.12. The molecule has 0 saturated carbocycles. The van der Waals surface area contributed by atoms with Crippen LogP contribution in [0, 0.1) is 0 Å². The first-order valence-corrected chi connectivity index (χ1v) is 7.23. The highest BCUT2D eigenvalue weighted by molar-refractivity contribution is 6.06. The molecule has 0 atom stereocenters. The van der Waals surface area contributed by atoms with Crippen molar-refractivity contribution in [2.45, 2.75) is 0 Å². The zero-order chi connectivity index (χ0) is 16.9. The molecule has 0 radical (unpaired) electrons. The standard InChI is InChI=1S/C18H15NO5/c1-22-18(21)13-4-2-3-5-14(13)19-17(20)9-7-12-6-8-15-16(10-12)24-11-23-15/h2-10H,11H2,1H3,(H,19,20). The van der Waals surface area contributed by atoms with E-state index < -0.39 is 5.97 Å². The molecule has 0 fully saturated rings. The zero-order valence-electron chi connectivity index (χ0n) is 12.9. The van der Waals surface area contributed by atoms with Crippen LogP contribution in [0.25, 0.3) is 6.08 Å². The van der Waals surface area contributed by atoms with Gasteiger partial charge in [0.05, 0.1) is 18.4 Å². The van der Waals surface area contributed by atoms with Gasteiger partial charge in [-0.2, -0.15) is 0 Å². The Hall–Kier alpha value is -3.28. The van der Waals surface area contributed by atoms with Crippen LogP contribution in [0.1, 0.15) is 15.9 Å². The predicted octanol–water partition coefficient (Wildman–Crippen LogP) is 2.85. The van der Waals surface area contributed by atoms with E-state index in [2.05, 4.69) is 5.32 Å². The van der Waals surface area contributed by atoms with Crippen molar-refractivity contribution < 1.29 is 23.8 Å². The third kappa shape index (κ3) is 3.38. The van der Waals surface area contributed by atoms with Gasteiger partial charge < -0.3 is 19.5 Å². The molecule has 6 heteroatoms. The minimum atomic E-state index is -0.509. The number of ether oxygens (including phenoxy) is 3. The van der Waals surface area contributed by atoms with Crippen LogP contribution in [0.4, 0.5) is 5.69 Å². The van der Waals surface area contributed by atoms with Gasteiger partial charge in [-0.25, -0.2) is 4.79 Å². The fourth-order valence-corrected chi connectivity index (χ4v) is 2.24. The van der Waals surface area contributed by atoms with Gasteiger partial charge >= 0.3 is 5.97 Å². The number of esters is 1. The Labute approximate surface area is 138 Å². The van der Waals surface area contributed by atoms with Crippen molar-refractivity contribution in [3.8, 4) is 11.5 Å². The second-order valence-corrected chi connectivity index (χ2v) is 4.97. The number of fused-ring (bicyclic) bond motifs is 1. The summed E-state index contributed by atoms with van der Waals surface area (Å²) in [5.74, 6) is 0.465. The van der Waals surface area contributed by atoms with E-state index in [0.29, 0.717) is 22.7 Å². The van der Waals surface area contributed by atoms with Crippen molar-refractivity contribution in [1.29, 1.82) is 0 Å². The summed E-state index contributed by atoms with van der Waals surface area (Å²) in [4.78, 5) is 23.8. The largest absolute Gasteiger partial charge is 0.465 e. The second-order valence-electron chi connectivity index (χ2n) is 4.97. The fourth-order valence-electron chi connectivity index (χ4n) is 2.24. The normalized spacial score (nSPS) is 12.2. The molecule has 1 amide bonds. The Bertz CT molecular complexity index is 813. The number of para-hydroxylation sites is 1. The van der Waals surface area contributed by atoms with Gasteiger partial charge in [-0.15, -0.1) is 0 Å². The third-order valence-corrected chi connectivity index (χ3v) is 3.41. The first kappa shape index (κ1) is 15.6. The summed E-state index contributed by atoms with van der Waals surface area (Å²) in [5.41, 5.74) is 1.49. The molecule has 0 aliphatic carbocycles. The van der Waals surface area contributed by atoms with E-state index in [9.17, 15) is 9.59 Å². The lowest BCUT2D eigenvalue weighted by Gasteiger charge is -2.07. The molecule has 0 spiro atoms. The Morgan fingerprint density at radius 2 is 1.92 bits per heavy atom. The Morgan fingerprint density at radius 1 is 1.12 bits per heavy atom. The first-order chi connectivity index (χ1) is 11.7. The number of carbonyl (C=O) groups is 2. The SMILES string of the molecule is COC(=O)c1ccccc1NC(=O)C=Cc1ccc2c(c1)OCO2. The number of anilines is 1. The summed E-state index contributed by atoms with van der Waals surface area (Å²) in [6.07, 6.45) is 3.03. The van der Waals surface area contributed by atoms with E-state index in [1.165, 1.54) is 13.2 Å². The maximum absolute atomic E-state index is 12.1. The first-order valence-electron chi connectivity index (χ1n) is 7.23. The summed E-state index contributed by atoms with van der Waals surface area (Å²) in [6.45, 7) is 0.202. The number of benzene rings is 2.